The fourth-order valence-corrected chi connectivity index (χ4v) is 3.51. The summed E-state index contributed by atoms with van der Waals surface area (Å²) < 4.78 is 10.2. The molecule has 6 heteroatoms. The van der Waals surface area contributed by atoms with Crippen LogP contribution < -0.4 is 0 Å². The van der Waals surface area contributed by atoms with E-state index in [0.29, 0.717) is 22.9 Å². The number of alkyl halides is 2. The molecular weight excluding hydrogens is 368 g/mol. The summed E-state index contributed by atoms with van der Waals surface area (Å²) in [7, 11) is 0. The van der Waals surface area contributed by atoms with Crippen LogP contribution in [0.4, 0.5) is 0 Å². The van der Waals surface area contributed by atoms with Crippen molar-refractivity contribution < 1.29 is 19.1 Å². The minimum absolute atomic E-state index is 0.228. The van der Waals surface area contributed by atoms with E-state index in [-0.39, 0.29) is 23.8 Å². The first-order valence-electron chi connectivity index (χ1n) is 5.95. The second-order valence-electron chi connectivity index (χ2n) is 4.63. The van der Waals surface area contributed by atoms with Crippen molar-refractivity contribution in [1.82, 2.24) is 0 Å². The van der Waals surface area contributed by atoms with Gasteiger partial charge in [-0.15, -0.1) is 0 Å². The molecule has 0 saturated heterocycles. The molecule has 0 unspecified atom stereocenters. The third-order valence-electron chi connectivity index (χ3n) is 3.12. The Kier molecular flexibility index (Phi) is 6.63. The van der Waals surface area contributed by atoms with Gasteiger partial charge in [0.2, 0.25) is 0 Å². The predicted molar refractivity (Wildman–Crippen MR) is 74.9 cm³/mol. The highest BCUT2D eigenvalue weighted by Crippen LogP contribution is 2.38. The molecule has 0 aliphatic heterocycles. The lowest BCUT2D eigenvalue weighted by molar-refractivity contribution is -0.147. The summed E-state index contributed by atoms with van der Waals surface area (Å²) in [6.45, 7) is 3.60. The molecule has 0 spiro atoms. The SMILES string of the molecule is CC(=O)OC[C@@H]1C[C@H](Br)[C@@H](Br)C[C@@H]1COC(C)=O. The Bertz CT molecular complexity index is 278. The van der Waals surface area contributed by atoms with Gasteiger partial charge >= 0.3 is 11.9 Å². The molecule has 4 atom stereocenters. The maximum Gasteiger partial charge on any atom is 0.302 e. The van der Waals surface area contributed by atoms with Gasteiger partial charge in [0.15, 0.2) is 0 Å². The molecule has 18 heavy (non-hydrogen) atoms. The maximum absolute atomic E-state index is 10.9. The van der Waals surface area contributed by atoms with E-state index in [0.717, 1.165) is 12.8 Å². The zero-order chi connectivity index (χ0) is 13.7. The topological polar surface area (TPSA) is 52.6 Å². The number of rotatable bonds is 4. The van der Waals surface area contributed by atoms with Gasteiger partial charge in [-0.05, 0) is 12.8 Å². The minimum Gasteiger partial charge on any atom is -0.466 e. The van der Waals surface area contributed by atoms with Gasteiger partial charge in [0.1, 0.15) is 0 Å². The summed E-state index contributed by atoms with van der Waals surface area (Å²) in [6.07, 6.45) is 1.80. The Morgan fingerprint density at radius 1 is 0.944 bits per heavy atom. The first-order chi connectivity index (χ1) is 8.40. The molecule has 0 aromatic carbocycles. The Hall–Kier alpha value is -0.100. The Morgan fingerprint density at radius 2 is 1.28 bits per heavy atom. The van der Waals surface area contributed by atoms with Gasteiger partial charge in [-0.2, -0.15) is 0 Å². The fourth-order valence-electron chi connectivity index (χ4n) is 2.12. The van der Waals surface area contributed by atoms with Crippen LogP contribution in [0.3, 0.4) is 0 Å². The van der Waals surface area contributed by atoms with E-state index in [1.807, 2.05) is 0 Å². The van der Waals surface area contributed by atoms with Crippen molar-refractivity contribution in [2.24, 2.45) is 11.8 Å². The average Bonchev–Trinajstić information content (AvgIpc) is 2.28. The van der Waals surface area contributed by atoms with Crippen molar-refractivity contribution >= 4 is 43.8 Å². The van der Waals surface area contributed by atoms with E-state index < -0.39 is 0 Å². The van der Waals surface area contributed by atoms with Crippen LogP contribution >= 0.6 is 31.9 Å². The average molecular weight is 386 g/mol. The highest BCUT2D eigenvalue weighted by atomic mass is 79.9. The van der Waals surface area contributed by atoms with E-state index >= 15 is 0 Å². The summed E-state index contributed by atoms with van der Waals surface area (Å²) in [5.41, 5.74) is 0. The van der Waals surface area contributed by atoms with Crippen LogP contribution in [0.15, 0.2) is 0 Å². The molecule has 1 aliphatic rings. The molecule has 0 bridgehead atoms. The molecule has 1 saturated carbocycles. The number of hydrogen-bond donors (Lipinski definition) is 0. The molecule has 0 N–H and O–H groups in total. The standard InChI is InChI=1S/C12H18Br2O4/c1-7(15)17-5-9-3-11(13)12(14)4-10(9)6-18-8(2)16/h9-12H,3-6H2,1-2H3/t9-,10+,11-,12-/m0/s1. The van der Waals surface area contributed by atoms with Crippen molar-refractivity contribution in [3.63, 3.8) is 0 Å². The Labute approximate surface area is 124 Å². The van der Waals surface area contributed by atoms with E-state index in [2.05, 4.69) is 31.9 Å². The van der Waals surface area contributed by atoms with Crippen LogP contribution in [0.2, 0.25) is 0 Å². The maximum atomic E-state index is 10.9. The molecule has 0 aromatic heterocycles. The number of halogens is 2. The minimum atomic E-state index is -0.270. The van der Waals surface area contributed by atoms with Crippen molar-refractivity contribution in [3.05, 3.63) is 0 Å². The lowest BCUT2D eigenvalue weighted by atomic mass is 9.80. The van der Waals surface area contributed by atoms with Crippen LogP contribution in [0.25, 0.3) is 0 Å². The van der Waals surface area contributed by atoms with E-state index in [1.165, 1.54) is 13.8 Å². The largest absolute Gasteiger partial charge is 0.466 e. The van der Waals surface area contributed by atoms with Gasteiger partial charge in [-0.1, -0.05) is 31.9 Å². The molecule has 4 nitrogen and oxygen atoms in total. The molecular formula is C12H18Br2O4. The summed E-state index contributed by atoms with van der Waals surface area (Å²) in [4.78, 5) is 22.5. The van der Waals surface area contributed by atoms with Crippen LogP contribution in [0.5, 0.6) is 0 Å². The normalized spacial score (nSPS) is 31.8. The molecule has 104 valence electrons. The van der Waals surface area contributed by atoms with Crippen molar-refractivity contribution in [1.29, 1.82) is 0 Å². The van der Waals surface area contributed by atoms with Crippen LogP contribution in [-0.2, 0) is 19.1 Å². The first kappa shape index (κ1) is 16.0. The van der Waals surface area contributed by atoms with Gasteiger partial charge in [-0.25, -0.2) is 0 Å². The highest BCUT2D eigenvalue weighted by molar-refractivity contribution is 9.12. The lowest BCUT2D eigenvalue weighted by Gasteiger charge is -2.36. The van der Waals surface area contributed by atoms with Crippen LogP contribution in [0.1, 0.15) is 26.7 Å². The van der Waals surface area contributed by atoms with Gasteiger partial charge in [-0.3, -0.25) is 9.59 Å². The van der Waals surface area contributed by atoms with Crippen LogP contribution in [0, 0.1) is 11.8 Å². The molecule has 1 rings (SSSR count). The monoisotopic (exact) mass is 384 g/mol. The molecule has 1 aliphatic carbocycles. The zero-order valence-electron chi connectivity index (χ0n) is 10.5. The molecule has 0 heterocycles. The highest BCUT2D eigenvalue weighted by Gasteiger charge is 2.35. The van der Waals surface area contributed by atoms with Crippen molar-refractivity contribution in [2.45, 2.75) is 36.3 Å². The summed E-state index contributed by atoms with van der Waals surface area (Å²) in [6, 6.07) is 0. The fraction of sp³-hybridized carbons (Fsp3) is 0.833. The van der Waals surface area contributed by atoms with Crippen molar-refractivity contribution in [3.8, 4) is 0 Å². The first-order valence-corrected chi connectivity index (χ1v) is 7.78. The second kappa shape index (κ2) is 7.48. The summed E-state index contributed by atoms with van der Waals surface area (Å²) in [5.74, 6) is -0.0838. The number of esters is 2. The zero-order valence-corrected chi connectivity index (χ0v) is 13.7. The number of carbonyl (C=O) groups excluding carboxylic acids is 2. The second-order valence-corrected chi connectivity index (χ2v) is 6.98. The van der Waals surface area contributed by atoms with Gasteiger partial charge in [0.05, 0.1) is 13.2 Å². The number of hydrogen-bond acceptors (Lipinski definition) is 4. The Morgan fingerprint density at radius 3 is 1.56 bits per heavy atom. The van der Waals surface area contributed by atoms with Crippen LogP contribution in [-0.4, -0.2) is 34.8 Å². The summed E-state index contributed by atoms with van der Waals surface area (Å²) >= 11 is 7.23. The van der Waals surface area contributed by atoms with Gasteiger partial charge in [0, 0.05) is 35.3 Å². The lowest BCUT2D eigenvalue weighted by Crippen LogP contribution is -2.38. The third kappa shape index (κ3) is 5.26. The van der Waals surface area contributed by atoms with Gasteiger partial charge < -0.3 is 9.47 Å². The molecule has 0 radical (unpaired) electrons. The number of ether oxygens (including phenoxy) is 2. The predicted octanol–water partition coefficient (Wildman–Crippen LogP) is 2.67. The number of carbonyl (C=O) groups is 2. The van der Waals surface area contributed by atoms with E-state index in [4.69, 9.17) is 9.47 Å². The van der Waals surface area contributed by atoms with Gasteiger partial charge in [0.25, 0.3) is 0 Å². The third-order valence-corrected chi connectivity index (χ3v) is 5.85. The Balaban J connectivity index is 2.55. The molecule has 0 amide bonds. The molecule has 0 aromatic rings. The quantitative estimate of drug-likeness (QED) is 0.551. The summed E-state index contributed by atoms with van der Waals surface area (Å²) in [5, 5.41) is 0. The molecule has 1 fully saturated rings. The van der Waals surface area contributed by atoms with E-state index in [1.54, 1.807) is 0 Å². The van der Waals surface area contributed by atoms with Crippen molar-refractivity contribution in [2.75, 3.05) is 13.2 Å². The smallest absolute Gasteiger partial charge is 0.302 e. The van der Waals surface area contributed by atoms with E-state index in [9.17, 15) is 9.59 Å².